The fraction of sp³-hybridized carbons (Fsp3) is 0.444. The number of amides is 3. The normalized spacial score (nSPS) is 23.1. The Kier molecular flexibility index (Phi) is 5.65. The minimum atomic E-state index is -3.20. The number of hydrogen-bond acceptors (Lipinski definition) is 7. The molecular formula is C27H29N3O6S. The van der Waals surface area contributed by atoms with Crippen molar-refractivity contribution >= 4 is 27.6 Å². The van der Waals surface area contributed by atoms with Gasteiger partial charge in [0.05, 0.1) is 18.0 Å². The number of sulfone groups is 1. The Hall–Kier alpha value is -3.24. The van der Waals surface area contributed by atoms with Crippen LogP contribution in [0.3, 0.4) is 0 Å². The summed E-state index contributed by atoms with van der Waals surface area (Å²) < 4.78 is 29.7. The highest BCUT2D eigenvalue weighted by Gasteiger charge is 2.47. The Morgan fingerprint density at radius 2 is 1.78 bits per heavy atom. The molecule has 1 N–H and O–H groups in total. The average Bonchev–Trinajstić information content (AvgIpc) is 3.39. The lowest BCUT2D eigenvalue weighted by Crippen LogP contribution is -2.52. The summed E-state index contributed by atoms with van der Waals surface area (Å²) in [6, 6.07) is 10.3. The number of carbonyl (C=O) groups excluding carboxylic acids is 3. The first kappa shape index (κ1) is 24.1. The predicted molar refractivity (Wildman–Crippen MR) is 134 cm³/mol. The maximum absolute atomic E-state index is 13.1. The highest BCUT2D eigenvalue weighted by Crippen LogP contribution is 2.49. The summed E-state index contributed by atoms with van der Waals surface area (Å²) in [6.45, 7) is 3.41. The van der Waals surface area contributed by atoms with E-state index in [0.717, 1.165) is 54.9 Å². The summed E-state index contributed by atoms with van der Waals surface area (Å²) in [4.78, 5) is 41.4. The van der Waals surface area contributed by atoms with Gasteiger partial charge in [-0.2, -0.15) is 0 Å². The smallest absolute Gasteiger partial charge is 0.255 e. The van der Waals surface area contributed by atoms with E-state index in [2.05, 4.69) is 10.2 Å². The predicted octanol–water partition coefficient (Wildman–Crippen LogP) is 1.78. The molecule has 1 unspecified atom stereocenters. The minimum absolute atomic E-state index is 0.105. The maximum Gasteiger partial charge on any atom is 0.255 e. The number of nitrogens with one attached hydrogen (secondary N) is 1. The summed E-state index contributed by atoms with van der Waals surface area (Å²) >= 11 is 0. The second-order valence-corrected chi connectivity index (χ2v) is 12.6. The van der Waals surface area contributed by atoms with E-state index >= 15 is 0 Å². The molecule has 0 radical (unpaired) electrons. The van der Waals surface area contributed by atoms with E-state index in [1.807, 2.05) is 24.3 Å². The molecule has 2 aromatic rings. The third-order valence-electron chi connectivity index (χ3n) is 8.30. The molecule has 10 heteroatoms. The lowest BCUT2D eigenvalue weighted by molar-refractivity contribution is -0.136. The summed E-state index contributed by atoms with van der Waals surface area (Å²) in [5.41, 5.74) is 3.54. The Morgan fingerprint density at radius 3 is 2.46 bits per heavy atom. The van der Waals surface area contributed by atoms with Crippen molar-refractivity contribution in [2.75, 3.05) is 26.0 Å². The fourth-order valence-electron chi connectivity index (χ4n) is 6.14. The van der Waals surface area contributed by atoms with E-state index in [1.54, 1.807) is 17.0 Å². The summed E-state index contributed by atoms with van der Waals surface area (Å²) in [5.74, 6) is -0.113. The molecule has 0 aromatic heterocycles. The molecule has 0 aliphatic carbocycles. The van der Waals surface area contributed by atoms with Gasteiger partial charge in [0.2, 0.25) is 11.8 Å². The lowest BCUT2D eigenvalue weighted by Gasteiger charge is -2.38. The quantitative estimate of drug-likeness (QED) is 0.608. The van der Waals surface area contributed by atoms with E-state index in [4.69, 9.17) is 4.74 Å². The van der Waals surface area contributed by atoms with Gasteiger partial charge in [-0.1, -0.05) is 18.2 Å². The highest BCUT2D eigenvalue weighted by atomic mass is 32.2. The molecule has 194 valence electrons. The molecule has 6 rings (SSSR count). The van der Waals surface area contributed by atoms with Crippen LogP contribution in [0, 0.1) is 0 Å². The molecule has 4 heterocycles. The summed E-state index contributed by atoms with van der Waals surface area (Å²) in [5, 5.41) is 2.35. The molecule has 2 aromatic carbocycles. The molecule has 9 nitrogen and oxygen atoms in total. The monoisotopic (exact) mass is 523 g/mol. The van der Waals surface area contributed by atoms with Crippen molar-refractivity contribution < 1.29 is 27.5 Å². The molecule has 2 saturated heterocycles. The lowest BCUT2D eigenvalue weighted by atomic mass is 9.74. The Bertz CT molecular complexity index is 1410. The highest BCUT2D eigenvalue weighted by molar-refractivity contribution is 7.90. The van der Waals surface area contributed by atoms with Gasteiger partial charge in [0.15, 0.2) is 9.84 Å². The number of ether oxygens (including phenoxy) is 1. The van der Waals surface area contributed by atoms with Crippen LogP contribution in [0.15, 0.2) is 41.3 Å². The Balaban J connectivity index is 1.16. The Labute approximate surface area is 215 Å². The molecule has 4 aliphatic rings. The number of likely N-dealkylation sites (tertiary alicyclic amines) is 1. The van der Waals surface area contributed by atoms with E-state index in [1.165, 1.54) is 6.26 Å². The summed E-state index contributed by atoms with van der Waals surface area (Å²) in [7, 11) is -3.20. The number of hydrogen-bond donors (Lipinski definition) is 1. The number of fused-ring (bicyclic) bond motifs is 4. The van der Waals surface area contributed by atoms with Gasteiger partial charge in [-0.3, -0.25) is 24.6 Å². The van der Waals surface area contributed by atoms with Gasteiger partial charge in [-0.15, -0.1) is 0 Å². The standard InChI is InChI=1S/C27H29N3O6S/c1-37(34,35)18-4-2-17(3-5-18)14-29-12-10-27(11-13-29)16-36-24-20-15-30(22-8-9-23(31)28-25(22)32)26(33)19(20)6-7-21(24)27/h2-7,22H,8-16H2,1H3,(H,28,31,32). The van der Waals surface area contributed by atoms with Crippen LogP contribution in [0.25, 0.3) is 0 Å². The summed E-state index contributed by atoms with van der Waals surface area (Å²) in [6.07, 6.45) is 3.62. The van der Waals surface area contributed by atoms with Gasteiger partial charge in [0.25, 0.3) is 5.91 Å². The van der Waals surface area contributed by atoms with Crippen LogP contribution in [-0.2, 0) is 37.9 Å². The van der Waals surface area contributed by atoms with Crippen molar-refractivity contribution in [1.29, 1.82) is 0 Å². The zero-order chi connectivity index (χ0) is 25.9. The zero-order valence-electron chi connectivity index (χ0n) is 20.7. The van der Waals surface area contributed by atoms with E-state index in [9.17, 15) is 22.8 Å². The number of nitrogens with zero attached hydrogens (tertiary/aromatic N) is 2. The first-order valence-electron chi connectivity index (χ1n) is 12.6. The SMILES string of the molecule is CS(=O)(=O)c1ccc(CN2CCC3(CC2)COc2c3ccc3c2CN(C2CCC(=O)NC2=O)C3=O)cc1. The van der Waals surface area contributed by atoms with Crippen LogP contribution >= 0.6 is 0 Å². The largest absolute Gasteiger partial charge is 0.492 e. The van der Waals surface area contributed by atoms with Gasteiger partial charge in [-0.05, 0) is 56.1 Å². The molecule has 4 aliphatic heterocycles. The first-order valence-corrected chi connectivity index (χ1v) is 14.5. The van der Waals surface area contributed by atoms with Crippen molar-refractivity contribution in [3.05, 3.63) is 58.7 Å². The molecule has 2 fully saturated rings. The number of carbonyl (C=O) groups is 3. The molecule has 37 heavy (non-hydrogen) atoms. The number of imide groups is 1. The van der Waals surface area contributed by atoms with Gasteiger partial charge in [0, 0.05) is 41.3 Å². The zero-order valence-corrected chi connectivity index (χ0v) is 21.5. The van der Waals surface area contributed by atoms with Crippen LogP contribution < -0.4 is 10.1 Å². The van der Waals surface area contributed by atoms with Crippen molar-refractivity contribution in [1.82, 2.24) is 15.1 Å². The second kappa shape index (κ2) is 8.66. The van der Waals surface area contributed by atoms with Crippen molar-refractivity contribution in [2.45, 2.75) is 55.1 Å². The number of benzene rings is 2. The van der Waals surface area contributed by atoms with Gasteiger partial charge >= 0.3 is 0 Å². The first-order chi connectivity index (χ1) is 17.6. The molecule has 3 amide bonds. The van der Waals surface area contributed by atoms with Gasteiger partial charge in [-0.25, -0.2) is 8.42 Å². The molecule has 0 bridgehead atoms. The Morgan fingerprint density at radius 1 is 1.05 bits per heavy atom. The van der Waals surface area contributed by atoms with E-state index < -0.39 is 21.8 Å². The second-order valence-electron chi connectivity index (χ2n) is 10.6. The minimum Gasteiger partial charge on any atom is -0.492 e. The van der Waals surface area contributed by atoms with Crippen molar-refractivity contribution in [3.63, 3.8) is 0 Å². The van der Waals surface area contributed by atoms with Crippen LogP contribution in [0.4, 0.5) is 0 Å². The number of piperidine rings is 2. The molecule has 0 saturated carbocycles. The molecule has 1 spiro atoms. The topological polar surface area (TPSA) is 113 Å². The maximum atomic E-state index is 13.1. The third-order valence-corrected chi connectivity index (χ3v) is 9.43. The van der Waals surface area contributed by atoms with Crippen LogP contribution in [0.1, 0.15) is 52.7 Å². The van der Waals surface area contributed by atoms with Crippen LogP contribution in [0.5, 0.6) is 5.75 Å². The average molecular weight is 524 g/mol. The van der Waals surface area contributed by atoms with Crippen molar-refractivity contribution in [2.24, 2.45) is 0 Å². The molecular weight excluding hydrogens is 494 g/mol. The number of rotatable bonds is 4. The fourth-order valence-corrected chi connectivity index (χ4v) is 6.77. The van der Waals surface area contributed by atoms with Gasteiger partial charge < -0.3 is 9.64 Å². The van der Waals surface area contributed by atoms with Crippen molar-refractivity contribution in [3.8, 4) is 5.75 Å². The van der Waals surface area contributed by atoms with Crippen LogP contribution in [-0.4, -0.2) is 67.9 Å². The van der Waals surface area contributed by atoms with E-state index in [0.29, 0.717) is 30.0 Å². The van der Waals surface area contributed by atoms with Gasteiger partial charge in [0.1, 0.15) is 11.8 Å². The third kappa shape index (κ3) is 4.12. The van der Waals surface area contributed by atoms with E-state index in [-0.39, 0.29) is 23.7 Å². The molecule has 1 atom stereocenters. The van der Waals surface area contributed by atoms with Crippen LogP contribution in [0.2, 0.25) is 0 Å².